The van der Waals surface area contributed by atoms with E-state index in [2.05, 4.69) is 89.5 Å². The van der Waals surface area contributed by atoms with Gasteiger partial charge in [-0.2, -0.15) is 0 Å². The quantitative estimate of drug-likeness (QED) is 0.270. The summed E-state index contributed by atoms with van der Waals surface area (Å²) < 4.78 is 5.15. The van der Waals surface area contributed by atoms with Crippen molar-refractivity contribution in [3.05, 3.63) is 109 Å². The molecule has 1 aliphatic carbocycles. The number of fused-ring (bicyclic) bond motifs is 7. The first-order valence-corrected chi connectivity index (χ1v) is 13.2. The lowest BCUT2D eigenvalue weighted by molar-refractivity contribution is 0.648. The second-order valence-corrected chi connectivity index (χ2v) is 10.7. The van der Waals surface area contributed by atoms with Gasteiger partial charge in [-0.25, -0.2) is 0 Å². The summed E-state index contributed by atoms with van der Waals surface area (Å²) in [5.41, 5.74) is 13.8. The van der Waals surface area contributed by atoms with Gasteiger partial charge in [0, 0.05) is 48.6 Å². The molecule has 2 aliphatic rings. The summed E-state index contributed by atoms with van der Waals surface area (Å²) in [6, 6.07) is 28.6. The van der Waals surface area contributed by atoms with E-state index in [9.17, 15) is 0 Å². The molecule has 4 aromatic carbocycles. The fourth-order valence-corrected chi connectivity index (χ4v) is 7.39. The molecule has 2 atom stereocenters. The van der Waals surface area contributed by atoms with Gasteiger partial charge in [0.15, 0.2) is 0 Å². The summed E-state index contributed by atoms with van der Waals surface area (Å²) in [4.78, 5) is 5.20. The molecule has 172 valence electrons. The van der Waals surface area contributed by atoms with E-state index in [0.29, 0.717) is 0 Å². The van der Waals surface area contributed by atoms with E-state index in [1.807, 2.05) is 29.6 Å². The van der Waals surface area contributed by atoms with Crippen LogP contribution in [-0.2, 0) is 6.54 Å². The Balaban J connectivity index is 1.47. The molecule has 36 heavy (non-hydrogen) atoms. The molecule has 0 bridgehead atoms. The number of nitrogens with two attached hydrogens (primary N) is 1. The van der Waals surface area contributed by atoms with Crippen molar-refractivity contribution in [2.45, 2.75) is 18.6 Å². The molecule has 0 fully saturated rings. The van der Waals surface area contributed by atoms with Gasteiger partial charge in [0.05, 0.1) is 23.3 Å². The van der Waals surface area contributed by atoms with Crippen molar-refractivity contribution >= 4 is 59.0 Å². The largest absolute Gasteiger partial charge is 0.338 e. The molecule has 2 aromatic heterocycles. The number of para-hydroxylation sites is 1. The van der Waals surface area contributed by atoms with E-state index >= 15 is 0 Å². The predicted octanol–water partition coefficient (Wildman–Crippen LogP) is 7.78. The van der Waals surface area contributed by atoms with Crippen LogP contribution in [0.4, 0.5) is 0 Å². The average Bonchev–Trinajstić information content (AvgIpc) is 3.57. The van der Waals surface area contributed by atoms with Crippen LogP contribution in [0.5, 0.6) is 0 Å². The highest BCUT2D eigenvalue weighted by Crippen LogP contribution is 2.50. The average molecular weight is 482 g/mol. The van der Waals surface area contributed by atoms with Crippen LogP contribution in [0.1, 0.15) is 11.6 Å². The number of benzene rings is 4. The minimum Gasteiger partial charge on any atom is -0.338 e. The predicted molar refractivity (Wildman–Crippen MR) is 154 cm³/mol. The number of hydrogen-bond donors (Lipinski definition) is 1. The number of rotatable bonds is 2. The molecule has 0 radical (unpaired) electrons. The Morgan fingerprint density at radius 1 is 0.861 bits per heavy atom. The second kappa shape index (κ2) is 7.50. The van der Waals surface area contributed by atoms with Crippen molar-refractivity contribution < 1.29 is 0 Å². The molecule has 0 saturated carbocycles. The lowest BCUT2D eigenvalue weighted by Gasteiger charge is -2.15. The normalized spacial score (nSPS) is 20.1. The molecule has 1 aliphatic heterocycles. The number of thiophene rings is 1. The molecule has 3 nitrogen and oxygen atoms in total. The third-order valence-electron chi connectivity index (χ3n) is 7.67. The van der Waals surface area contributed by atoms with Gasteiger partial charge in [-0.05, 0) is 29.3 Å². The van der Waals surface area contributed by atoms with Gasteiger partial charge >= 0.3 is 0 Å². The lowest BCUT2D eigenvalue weighted by Crippen LogP contribution is -2.28. The number of aliphatic imine (C=N–C) groups is 1. The zero-order chi connectivity index (χ0) is 23.8. The Morgan fingerprint density at radius 2 is 1.69 bits per heavy atom. The van der Waals surface area contributed by atoms with Crippen LogP contribution in [0, 0.1) is 0 Å². The smallest absolute Gasteiger partial charge is 0.0952 e. The molecule has 2 N–H and O–H groups in total. The Labute approximate surface area is 212 Å². The van der Waals surface area contributed by atoms with Crippen LogP contribution in [0.2, 0.25) is 0 Å². The number of aromatic nitrogens is 1. The van der Waals surface area contributed by atoms with Crippen LogP contribution in [-0.4, -0.2) is 16.3 Å². The number of nitrogens with zero attached hydrogens (tertiary/aromatic N) is 2. The van der Waals surface area contributed by atoms with Gasteiger partial charge in [-0.3, -0.25) is 4.99 Å². The number of hydrogen-bond acceptors (Lipinski definition) is 3. The highest BCUT2D eigenvalue weighted by Gasteiger charge is 2.30. The Hall–Kier alpha value is -3.99. The molecule has 6 aromatic rings. The van der Waals surface area contributed by atoms with Crippen LogP contribution < -0.4 is 5.73 Å². The minimum absolute atomic E-state index is 0.0625. The molecule has 3 heterocycles. The van der Waals surface area contributed by atoms with Crippen molar-refractivity contribution in [1.82, 2.24) is 4.57 Å². The summed E-state index contributed by atoms with van der Waals surface area (Å²) in [5, 5.41) is 5.39. The zero-order valence-electron chi connectivity index (χ0n) is 19.6. The van der Waals surface area contributed by atoms with Crippen LogP contribution in [0.15, 0.2) is 108 Å². The van der Waals surface area contributed by atoms with Crippen molar-refractivity contribution in [3.63, 3.8) is 0 Å². The van der Waals surface area contributed by atoms with Crippen LogP contribution in [0.3, 0.4) is 0 Å². The maximum atomic E-state index is 6.37. The summed E-state index contributed by atoms with van der Waals surface area (Å²) in [7, 11) is 0. The van der Waals surface area contributed by atoms with Gasteiger partial charge in [0.25, 0.3) is 0 Å². The zero-order valence-corrected chi connectivity index (χ0v) is 20.4. The lowest BCUT2D eigenvalue weighted by atomic mass is 9.97. The molecule has 8 rings (SSSR count). The molecule has 4 heteroatoms. The monoisotopic (exact) mass is 481 g/mol. The van der Waals surface area contributed by atoms with Gasteiger partial charge in [-0.15, -0.1) is 11.3 Å². The Morgan fingerprint density at radius 3 is 2.58 bits per heavy atom. The first-order chi connectivity index (χ1) is 17.8. The van der Waals surface area contributed by atoms with E-state index in [0.717, 1.165) is 12.3 Å². The van der Waals surface area contributed by atoms with Crippen molar-refractivity contribution in [1.29, 1.82) is 0 Å². The van der Waals surface area contributed by atoms with Crippen molar-refractivity contribution in [2.75, 3.05) is 0 Å². The van der Waals surface area contributed by atoms with Gasteiger partial charge < -0.3 is 10.3 Å². The minimum atomic E-state index is -0.149. The highest BCUT2D eigenvalue weighted by molar-refractivity contribution is 7.26. The first-order valence-electron chi connectivity index (χ1n) is 12.4. The Kier molecular flexibility index (Phi) is 4.22. The van der Waals surface area contributed by atoms with Gasteiger partial charge in [-0.1, -0.05) is 85.0 Å². The maximum Gasteiger partial charge on any atom is 0.0952 e. The summed E-state index contributed by atoms with van der Waals surface area (Å²) in [6.07, 6.45) is 8.10. The van der Waals surface area contributed by atoms with E-state index in [1.54, 1.807) is 0 Å². The van der Waals surface area contributed by atoms with E-state index in [1.165, 1.54) is 58.7 Å². The molecular weight excluding hydrogens is 458 g/mol. The van der Waals surface area contributed by atoms with Crippen LogP contribution in [0.25, 0.3) is 53.1 Å². The summed E-state index contributed by atoms with van der Waals surface area (Å²) >= 11 is 1.90. The van der Waals surface area contributed by atoms with Gasteiger partial charge in [0.1, 0.15) is 0 Å². The summed E-state index contributed by atoms with van der Waals surface area (Å²) in [6.45, 7) is 0.845. The van der Waals surface area contributed by atoms with Gasteiger partial charge in [0.2, 0.25) is 0 Å². The standard InChI is InChI=1S/C32H23N3S/c33-24-14-5-6-15-25(24)34-26-18-35-27-16-7-4-11-21(27)30-29-22-13-8-12-20(19-9-2-1-3-10-19)32(22)36-28(29)17-23(26)31(30)35/h1-17,24,26H,18,33H2/b34-25-. The van der Waals surface area contributed by atoms with E-state index in [-0.39, 0.29) is 12.1 Å². The van der Waals surface area contributed by atoms with E-state index < -0.39 is 0 Å². The molecular formula is C32H23N3S. The highest BCUT2D eigenvalue weighted by atomic mass is 32.1. The third kappa shape index (κ3) is 2.74. The SMILES string of the molecule is NC1C=CC=C/C1=N/C1Cn2c3ccccc3c3c4c(cc1c32)sc1c(-c2ccccc2)cccc14. The molecule has 2 unspecified atom stereocenters. The molecule has 0 spiro atoms. The Bertz CT molecular complexity index is 1930. The fourth-order valence-electron chi connectivity index (χ4n) is 6.09. The summed E-state index contributed by atoms with van der Waals surface area (Å²) in [5.74, 6) is 0. The fraction of sp³-hybridized carbons (Fsp3) is 0.0938. The van der Waals surface area contributed by atoms with Crippen LogP contribution >= 0.6 is 11.3 Å². The van der Waals surface area contributed by atoms with Crippen molar-refractivity contribution in [3.8, 4) is 11.1 Å². The maximum absolute atomic E-state index is 6.37. The first kappa shape index (κ1) is 20.2. The topological polar surface area (TPSA) is 43.3 Å². The van der Waals surface area contributed by atoms with Crippen molar-refractivity contribution in [2.24, 2.45) is 10.7 Å². The third-order valence-corrected chi connectivity index (χ3v) is 8.85. The molecule has 0 amide bonds. The molecule has 0 saturated heterocycles. The number of allylic oxidation sites excluding steroid dienone is 2. The van der Waals surface area contributed by atoms with E-state index in [4.69, 9.17) is 10.7 Å². The second-order valence-electron chi connectivity index (χ2n) is 9.68.